The van der Waals surface area contributed by atoms with E-state index in [1.165, 1.54) is 24.0 Å². The Morgan fingerprint density at radius 2 is 2.10 bits per heavy atom. The highest BCUT2D eigenvalue weighted by Crippen LogP contribution is 2.41. The fourth-order valence-corrected chi connectivity index (χ4v) is 3.45. The summed E-state index contributed by atoms with van der Waals surface area (Å²) in [5.41, 5.74) is 2.92. The molecule has 1 saturated heterocycles. The molecule has 3 nitrogen and oxygen atoms in total. The van der Waals surface area contributed by atoms with Crippen LogP contribution in [0, 0.1) is 0 Å². The second kappa shape index (κ2) is 4.74. The molecule has 1 N–H and O–H groups in total. The zero-order valence-electron chi connectivity index (χ0n) is 12.3. The van der Waals surface area contributed by atoms with Gasteiger partial charge in [-0.05, 0) is 37.1 Å². The summed E-state index contributed by atoms with van der Waals surface area (Å²) in [5.74, 6) is 1.13. The number of hydrogen-bond acceptors (Lipinski definition) is 3. The average Bonchev–Trinajstić information content (AvgIpc) is 3.21. The summed E-state index contributed by atoms with van der Waals surface area (Å²) >= 11 is 0. The second-order valence-corrected chi connectivity index (χ2v) is 6.86. The van der Waals surface area contributed by atoms with Crippen molar-refractivity contribution in [3.63, 3.8) is 0 Å². The van der Waals surface area contributed by atoms with Gasteiger partial charge in [0, 0.05) is 44.9 Å². The van der Waals surface area contributed by atoms with Crippen LogP contribution < -0.4 is 10.1 Å². The molecule has 3 aliphatic rings. The Morgan fingerprint density at radius 1 is 1.30 bits per heavy atom. The molecule has 4 rings (SSSR count). The van der Waals surface area contributed by atoms with Gasteiger partial charge in [0.05, 0.1) is 0 Å². The van der Waals surface area contributed by atoms with E-state index in [0.29, 0.717) is 0 Å². The lowest BCUT2D eigenvalue weighted by atomic mass is 9.87. The molecule has 0 aromatic heterocycles. The van der Waals surface area contributed by atoms with Crippen LogP contribution in [0.1, 0.15) is 36.8 Å². The van der Waals surface area contributed by atoms with E-state index in [9.17, 15) is 0 Å². The number of rotatable bonds is 3. The first kappa shape index (κ1) is 12.7. The number of nitrogens with zero attached hydrogens (tertiary/aromatic N) is 1. The third-order valence-electron chi connectivity index (χ3n) is 5.03. The molecule has 1 spiro atoms. The fourth-order valence-electron chi connectivity index (χ4n) is 3.45. The van der Waals surface area contributed by atoms with Gasteiger partial charge < -0.3 is 15.0 Å². The van der Waals surface area contributed by atoms with Crippen LogP contribution in [0.5, 0.6) is 5.75 Å². The average molecular weight is 272 g/mol. The van der Waals surface area contributed by atoms with Crippen LogP contribution in [-0.2, 0) is 13.0 Å². The first-order chi connectivity index (χ1) is 9.72. The summed E-state index contributed by atoms with van der Waals surface area (Å²) in [6, 6.07) is 7.55. The Morgan fingerprint density at radius 3 is 2.85 bits per heavy atom. The lowest BCUT2D eigenvalue weighted by Crippen LogP contribution is -2.45. The number of hydrogen-bond donors (Lipinski definition) is 1. The van der Waals surface area contributed by atoms with Crippen LogP contribution in [0.4, 0.5) is 0 Å². The molecule has 0 amide bonds. The van der Waals surface area contributed by atoms with Gasteiger partial charge in [0.25, 0.3) is 0 Å². The molecular formula is C17H24N2O. The van der Waals surface area contributed by atoms with Crippen LogP contribution in [0.3, 0.4) is 0 Å². The van der Waals surface area contributed by atoms with Crippen LogP contribution in [0.15, 0.2) is 18.2 Å². The second-order valence-electron chi connectivity index (χ2n) is 6.86. The highest BCUT2D eigenvalue weighted by atomic mass is 16.5. The van der Waals surface area contributed by atoms with Gasteiger partial charge in [-0.2, -0.15) is 0 Å². The minimum Gasteiger partial charge on any atom is -0.487 e. The molecule has 1 aromatic carbocycles. The van der Waals surface area contributed by atoms with Gasteiger partial charge >= 0.3 is 0 Å². The maximum absolute atomic E-state index is 6.33. The maximum Gasteiger partial charge on any atom is 0.123 e. The molecule has 0 bridgehead atoms. The molecule has 0 atom stereocenters. The normalized spacial score (nSPS) is 24.6. The van der Waals surface area contributed by atoms with Crippen molar-refractivity contribution in [3.8, 4) is 5.75 Å². The zero-order valence-corrected chi connectivity index (χ0v) is 12.3. The molecule has 2 heterocycles. The highest BCUT2D eigenvalue weighted by Gasteiger charge is 2.41. The lowest BCUT2D eigenvalue weighted by molar-refractivity contribution is 0.0271. The summed E-state index contributed by atoms with van der Waals surface area (Å²) in [7, 11) is 2.20. The third kappa shape index (κ3) is 2.45. The van der Waals surface area contributed by atoms with Crippen LogP contribution in [0.2, 0.25) is 0 Å². The summed E-state index contributed by atoms with van der Waals surface area (Å²) < 4.78 is 6.33. The molecule has 2 fully saturated rings. The number of nitrogens with one attached hydrogen (secondary N) is 1. The number of fused-ring (bicyclic) bond motifs is 1. The Hall–Kier alpha value is -1.06. The third-order valence-corrected chi connectivity index (χ3v) is 5.03. The number of benzene rings is 1. The molecule has 0 radical (unpaired) electrons. The topological polar surface area (TPSA) is 24.5 Å². The molecule has 0 unspecified atom stereocenters. The Kier molecular flexibility index (Phi) is 3.00. The van der Waals surface area contributed by atoms with Crippen molar-refractivity contribution in [1.82, 2.24) is 10.2 Å². The SMILES string of the molecule is CN1CCC2(CC1)Cc1cc(CNC3CC3)ccc1O2. The van der Waals surface area contributed by atoms with Crippen molar-refractivity contribution in [3.05, 3.63) is 29.3 Å². The van der Waals surface area contributed by atoms with Crippen LogP contribution in [-0.4, -0.2) is 36.7 Å². The lowest BCUT2D eigenvalue weighted by Gasteiger charge is -2.37. The van der Waals surface area contributed by atoms with Gasteiger partial charge in [-0.1, -0.05) is 12.1 Å². The molecule has 3 heteroatoms. The first-order valence-corrected chi connectivity index (χ1v) is 7.95. The van der Waals surface area contributed by atoms with E-state index >= 15 is 0 Å². The van der Waals surface area contributed by atoms with Crippen molar-refractivity contribution in [2.45, 2.75) is 50.3 Å². The highest BCUT2D eigenvalue weighted by molar-refractivity contribution is 5.42. The van der Waals surface area contributed by atoms with Gasteiger partial charge in [0.1, 0.15) is 11.4 Å². The van der Waals surface area contributed by atoms with Gasteiger partial charge in [-0.25, -0.2) is 0 Å². The molecule has 1 aromatic rings. The van der Waals surface area contributed by atoms with Crippen molar-refractivity contribution < 1.29 is 4.74 Å². The Labute approximate surface area is 121 Å². The van der Waals surface area contributed by atoms with E-state index in [-0.39, 0.29) is 5.60 Å². The predicted molar refractivity (Wildman–Crippen MR) is 80.1 cm³/mol. The van der Waals surface area contributed by atoms with Gasteiger partial charge in [0.2, 0.25) is 0 Å². The van der Waals surface area contributed by atoms with Crippen molar-refractivity contribution in [2.75, 3.05) is 20.1 Å². The zero-order chi connectivity index (χ0) is 13.6. The first-order valence-electron chi connectivity index (χ1n) is 7.95. The Bertz CT molecular complexity index is 502. The van der Waals surface area contributed by atoms with Crippen LogP contribution >= 0.6 is 0 Å². The van der Waals surface area contributed by atoms with Crippen molar-refractivity contribution in [1.29, 1.82) is 0 Å². The monoisotopic (exact) mass is 272 g/mol. The quantitative estimate of drug-likeness (QED) is 0.914. The molecule has 2 aliphatic heterocycles. The Balaban J connectivity index is 1.46. The molecule has 20 heavy (non-hydrogen) atoms. The van der Waals surface area contributed by atoms with E-state index in [2.05, 4.69) is 35.5 Å². The van der Waals surface area contributed by atoms with E-state index in [0.717, 1.165) is 50.7 Å². The van der Waals surface area contributed by atoms with E-state index in [1.54, 1.807) is 0 Å². The molecule has 1 saturated carbocycles. The van der Waals surface area contributed by atoms with Gasteiger partial charge in [-0.15, -0.1) is 0 Å². The van der Waals surface area contributed by atoms with E-state index in [1.807, 2.05) is 0 Å². The van der Waals surface area contributed by atoms with Crippen LogP contribution in [0.25, 0.3) is 0 Å². The maximum atomic E-state index is 6.33. The summed E-state index contributed by atoms with van der Waals surface area (Å²) in [5, 5.41) is 3.59. The molecule has 1 aliphatic carbocycles. The predicted octanol–water partition coefficient (Wildman–Crippen LogP) is 2.34. The van der Waals surface area contributed by atoms with E-state index < -0.39 is 0 Å². The van der Waals surface area contributed by atoms with E-state index in [4.69, 9.17) is 4.74 Å². The smallest absolute Gasteiger partial charge is 0.123 e. The summed E-state index contributed by atoms with van der Waals surface area (Å²) in [6.07, 6.45) is 6.13. The summed E-state index contributed by atoms with van der Waals surface area (Å²) in [6.45, 7) is 3.32. The molecular weight excluding hydrogens is 248 g/mol. The number of piperidine rings is 1. The largest absolute Gasteiger partial charge is 0.487 e. The number of likely N-dealkylation sites (tertiary alicyclic amines) is 1. The van der Waals surface area contributed by atoms with Crippen molar-refractivity contribution >= 4 is 0 Å². The molecule has 108 valence electrons. The summed E-state index contributed by atoms with van der Waals surface area (Å²) in [4.78, 5) is 2.41. The number of ether oxygens (including phenoxy) is 1. The minimum absolute atomic E-state index is 0.0946. The van der Waals surface area contributed by atoms with Gasteiger partial charge in [-0.3, -0.25) is 0 Å². The van der Waals surface area contributed by atoms with Gasteiger partial charge in [0.15, 0.2) is 0 Å². The standard InChI is InChI=1S/C17H24N2O/c1-19-8-6-17(7-9-19)11-14-10-13(2-5-16(14)20-17)12-18-15-3-4-15/h2,5,10,15,18H,3-4,6-9,11-12H2,1H3. The minimum atomic E-state index is 0.0946. The fraction of sp³-hybridized carbons (Fsp3) is 0.647. The van der Waals surface area contributed by atoms with Crippen molar-refractivity contribution in [2.24, 2.45) is 0 Å².